The Bertz CT molecular complexity index is 901. The van der Waals surface area contributed by atoms with Crippen LogP contribution in [0, 0.1) is 11.3 Å². The largest absolute Gasteiger partial charge is 0.573 e. The molecule has 3 aromatic rings. The monoisotopic (exact) mass is 332 g/mol. The number of aromatic nitrogens is 3. The summed E-state index contributed by atoms with van der Waals surface area (Å²) in [7, 11) is 0. The lowest BCUT2D eigenvalue weighted by Crippen LogP contribution is -2.17. The lowest BCUT2D eigenvalue weighted by molar-refractivity contribution is -0.274. The quantitative estimate of drug-likeness (QED) is 0.729. The van der Waals surface area contributed by atoms with E-state index in [0.717, 1.165) is 12.1 Å². The molecule has 2 aromatic heterocycles. The van der Waals surface area contributed by atoms with Crippen LogP contribution in [0.25, 0.3) is 23.0 Å². The summed E-state index contributed by atoms with van der Waals surface area (Å²) in [5.41, 5.74) is 0.531. The average molecular weight is 332 g/mol. The fraction of sp³-hybridized carbons (Fsp3) is 0.0667. The van der Waals surface area contributed by atoms with Crippen molar-refractivity contribution in [3.63, 3.8) is 0 Å². The molecule has 0 aliphatic rings. The van der Waals surface area contributed by atoms with Gasteiger partial charge in [-0.15, -0.1) is 13.2 Å². The van der Waals surface area contributed by atoms with Crippen molar-refractivity contribution in [1.82, 2.24) is 15.1 Å². The molecule has 0 spiro atoms. The van der Waals surface area contributed by atoms with E-state index in [1.165, 1.54) is 12.3 Å². The van der Waals surface area contributed by atoms with Gasteiger partial charge in [0.1, 0.15) is 11.4 Å². The summed E-state index contributed by atoms with van der Waals surface area (Å²) in [6, 6.07) is 10.2. The Morgan fingerprint density at radius 3 is 2.67 bits per heavy atom. The Balaban J connectivity index is 1.99. The van der Waals surface area contributed by atoms with Crippen LogP contribution in [0.2, 0.25) is 0 Å². The molecule has 0 unspecified atom stereocenters. The lowest BCUT2D eigenvalue weighted by atomic mass is 10.1. The number of rotatable bonds is 3. The maximum absolute atomic E-state index is 12.4. The number of nitrogens with zero attached hydrogens (tertiary/aromatic N) is 4. The molecule has 9 heteroatoms. The highest BCUT2D eigenvalue weighted by molar-refractivity contribution is 5.62. The minimum atomic E-state index is -4.88. The Hall–Kier alpha value is -3.41. The minimum Gasteiger partial charge on any atom is -0.406 e. The fourth-order valence-corrected chi connectivity index (χ4v) is 1.92. The molecule has 1 aromatic carbocycles. The first-order valence-corrected chi connectivity index (χ1v) is 6.51. The van der Waals surface area contributed by atoms with Gasteiger partial charge in [-0.1, -0.05) is 11.2 Å². The van der Waals surface area contributed by atoms with E-state index >= 15 is 0 Å². The summed E-state index contributed by atoms with van der Waals surface area (Å²) in [6.07, 6.45) is -3.34. The highest BCUT2D eigenvalue weighted by Gasteiger charge is 2.31. The van der Waals surface area contributed by atoms with E-state index in [4.69, 9.17) is 9.78 Å². The molecule has 0 amide bonds. The van der Waals surface area contributed by atoms with Crippen LogP contribution in [0.3, 0.4) is 0 Å². The van der Waals surface area contributed by atoms with Crippen molar-refractivity contribution in [2.75, 3.05) is 0 Å². The van der Waals surface area contributed by atoms with Gasteiger partial charge in [0.05, 0.1) is 11.6 Å². The maximum atomic E-state index is 12.4. The standard InChI is InChI=1S/C15H7F3N4O2/c16-15(17,18)23-11-6-9(8-19)5-10(7-11)14-21-13(22-24-14)12-3-1-2-4-20-12/h1-7H. The predicted molar refractivity (Wildman–Crippen MR) is 74.4 cm³/mol. The molecule has 3 rings (SSSR count). The van der Waals surface area contributed by atoms with Crippen molar-refractivity contribution < 1.29 is 22.4 Å². The maximum Gasteiger partial charge on any atom is 0.573 e. The van der Waals surface area contributed by atoms with Crippen LogP contribution < -0.4 is 4.74 Å². The summed E-state index contributed by atoms with van der Waals surface area (Å²) in [6.45, 7) is 0. The molecule has 24 heavy (non-hydrogen) atoms. The topological polar surface area (TPSA) is 84.8 Å². The highest BCUT2D eigenvalue weighted by atomic mass is 19.4. The normalized spacial score (nSPS) is 11.1. The van der Waals surface area contributed by atoms with Crippen LogP contribution in [0.15, 0.2) is 47.1 Å². The number of halogens is 3. The summed E-state index contributed by atoms with van der Waals surface area (Å²) in [5.74, 6) is -0.430. The smallest absolute Gasteiger partial charge is 0.406 e. The molecule has 0 N–H and O–H groups in total. The second-order valence-corrected chi connectivity index (χ2v) is 4.54. The average Bonchev–Trinajstić information content (AvgIpc) is 3.04. The molecule has 0 bridgehead atoms. The number of alkyl halides is 3. The molecule has 0 radical (unpaired) electrons. The zero-order valence-electron chi connectivity index (χ0n) is 11.8. The van der Waals surface area contributed by atoms with Gasteiger partial charge in [0.25, 0.3) is 5.89 Å². The van der Waals surface area contributed by atoms with Gasteiger partial charge in [-0.3, -0.25) is 4.98 Å². The molecule has 2 heterocycles. The van der Waals surface area contributed by atoms with Gasteiger partial charge in [-0.05, 0) is 30.3 Å². The van der Waals surface area contributed by atoms with Gasteiger partial charge in [-0.2, -0.15) is 10.2 Å². The molecule has 6 nitrogen and oxygen atoms in total. The number of benzene rings is 1. The molecule has 0 aliphatic carbocycles. The second-order valence-electron chi connectivity index (χ2n) is 4.54. The number of pyridine rings is 1. The molecular formula is C15H7F3N4O2. The Labute approximate surface area is 133 Å². The van der Waals surface area contributed by atoms with E-state index < -0.39 is 12.1 Å². The van der Waals surface area contributed by atoms with Gasteiger partial charge < -0.3 is 9.26 Å². The van der Waals surface area contributed by atoms with E-state index in [1.54, 1.807) is 24.3 Å². The molecule has 120 valence electrons. The van der Waals surface area contributed by atoms with E-state index in [1.807, 2.05) is 0 Å². The van der Waals surface area contributed by atoms with Crippen molar-refractivity contribution in [3.05, 3.63) is 48.2 Å². The van der Waals surface area contributed by atoms with E-state index in [-0.39, 0.29) is 22.8 Å². The molecule has 0 saturated carbocycles. The lowest BCUT2D eigenvalue weighted by Gasteiger charge is -2.09. The molecule has 0 aliphatic heterocycles. The Kier molecular flexibility index (Phi) is 3.87. The van der Waals surface area contributed by atoms with Crippen LogP contribution in [-0.2, 0) is 0 Å². The van der Waals surface area contributed by atoms with Gasteiger partial charge in [0, 0.05) is 11.8 Å². The first-order chi connectivity index (χ1) is 11.4. The van der Waals surface area contributed by atoms with Crippen LogP contribution in [0.1, 0.15) is 5.56 Å². The second kappa shape index (κ2) is 6.00. The van der Waals surface area contributed by atoms with Crippen molar-refractivity contribution in [2.24, 2.45) is 0 Å². The molecule has 0 fully saturated rings. The third-order valence-corrected chi connectivity index (χ3v) is 2.84. The van der Waals surface area contributed by atoms with Gasteiger partial charge >= 0.3 is 6.36 Å². The van der Waals surface area contributed by atoms with E-state index in [9.17, 15) is 13.2 Å². The van der Waals surface area contributed by atoms with Crippen molar-refractivity contribution in [3.8, 4) is 34.8 Å². The summed E-state index contributed by atoms with van der Waals surface area (Å²) >= 11 is 0. The van der Waals surface area contributed by atoms with Gasteiger partial charge in [-0.25, -0.2) is 0 Å². The summed E-state index contributed by atoms with van der Waals surface area (Å²) in [5, 5.41) is 12.7. The van der Waals surface area contributed by atoms with E-state index in [0.29, 0.717) is 5.69 Å². The minimum absolute atomic E-state index is 0.0377. The first kappa shape index (κ1) is 15.5. The zero-order valence-corrected chi connectivity index (χ0v) is 11.8. The third-order valence-electron chi connectivity index (χ3n) is 2.84. The van der Waals surface area contributed by atoms with Crippen molar-refractivity contribution in [1.29, 1.82) is 5.26 Å². The number of hydrogen-bond donors (Lipinski definition) is 0. The Morgan fingerprint density at radius 1 is 1.17 bits per heavy atom. The SMILES string of the molecule is N#Cc1cc(OC(F)(F)F)cc(-c2nc(-c3ccccn3)no2)c1. The Morgan fingerprint density at radius 2 is 2.00 bits per heavy atom. The number of hydrogen-bond acceptors (Lipinski definition) is 6. The number of nitriles is 1. The predicted octanol–water partition coefficient (Wildman–Crippen LogP) is 3.57. The fourth-order valence-electron chi connectivity index (χ4n) is 1.92. The van der Waals surface area contributed by atoms with Crippen molar-refractivity contribution >= 4 is 0 Å². The number of ether oxygens (including phenoxy) is 1. The first-order valence-electron chi connectivity index (χ1n) is 6.51. The zero-order chi connectivity index (χ0) is 17.2. The van der Waals surface area contributed by atoms with Gasteiger partial charge in [0.2, 0.25) is 5.82 Å². The molecule has 0 saturated heterocycles. The van der Waals surface area contributed by atoms with Crippen LogP contribution in [0.4, 0.5) is 13.2 Å². The third kappa shape index (κ3) is 3.49. The van der Waals surface area contributed by atoms with Crippen LogP contribution >= 0.6 is 0 Å². The van der Waals surface area contributed by atoms with Crippen LogP contribution in [0.5, 0.6) is 5.75 Å². The molecular weight excluding hydrogens is 325 g/mol. The molecule has 0 atom stereocenters. The van der Waals surface area contributed by atoms with Crippen LogP contribution in [-0.4, -0.2) is 21.5 Å². The van der Waals surface area contributed by atoms with Gasteiger partial charge in [0.15, 0.2) is 0 Å². The summed E-state index contributed by atoms with van der Waals surface area (Å²) in [4.78, 5) is 8.12. The van der Waals surface area contributed by atoms with E-state index in [2.05, 4.69) is 19.9 Å². The van der Waals surface area contributed by atoms with Crippen molar-refractivity contribution in [2.45, 2.75) is 6.36 Å². The highest BCUT2D eigenvalue weighted by Crippen LogP contribution is 2.29. The summed E-state index contributed by atoms with van der Waals surface area (Å²) < 4.78 is 46.0.